The zero-order valence-corrected chi connectivity index (χ0v) is 15.2. The summed E-state index contributed by atoms with van der Waals surface area (Å²) in [6, 6.07) is 16.7. The molecule has 0 fully saturated rings. The Bertz CT molecular complexity index is 718. The SMILES string of the molecule is O=C(NC(/C=C(\F)c1ccccc1)c1ccccc1)OCC(Cl)(Cl)Cl. The van der Waals surface area contributed by atoms with E-state index in [2.05, 4.69) is 5.32 Å². The van der Waals surface area contributed by atoms with Crippen molar-refractivity contribution in [3.63, 3.8) is 0 Å². The van der Waals surface area contributed by atoms with Crippen LogP contribution in [-0.4, -0.2) is 16.5 Å². The highest BCUT2D eigenvalue weighted by atomic mass is 35.6. The van der Waals surface area contributed by atoms with Gasteiger partial charge in [0, 0.05) is 5.56 Å². The first-order chi connectivity index (χ1) is 11.8. The van der Waals surface area contributed by atoms with Gasteiger partial charge >= 0.3 is 6.09 Å². The number of amides is 1. The van der Waals surface area contributed by atoms with Crippen molar-refractivity contribution >= 4 is 46.7 Å². The largest absolute Gasteiger partial charge is 0.445 e. The quantitative estimate of drug-likeness (QED) is 0.639. The third-order valence-electron chi connectivity index (χ3n) is 3.16. The molecule has 0 saturated heterocycles. The minimum atomic E-state index is -1.72. The first-order valence-electron chi connectivity index (χ1n) is 7.33. The standard InChI is InChI=1S/C18H15Cl3FNO2/c19-18(20,21)12-25-17(24)23-16(14-9-5-2-6-10-14)11-15(22)13-7-3-1-4-8-13/h1-11,16H,12H2,(H,23,24)/b15-11-. The molecular formula is C18H15Cl3FNO2. The summed E-state index contributed by atoms with van der Waals surface area (Å²) in [6.07, 6.45) is 0.471. The normalized spacial score (nSPS) is 13.2. The van der Waals surface area contributed by atoms with E-state index in [1.807, 2.05) is 6.07 Å². The van der Waals surface area contributed by atoms with E-state index in [1.54, 1.807) is 54.6 Å². The van der Waals surface area contributed by atoms with Gasteiger partial charge in [-0.25, -0.2) is 9.18 Å². The van der Waals surface area contributed by atoms with E-state index >= 15 is 0 Å². The third-order valence-corrected chi connectivity index (χ3v) is 3.49. The van der Waals surface area contributed by atoms with E-state index in [9.17, 15) is 9.18 Å². The van der Waals surface area contributed by atoms with E-state index in [1.165, 1.54) is 6.08 Å². The van der Waals surface area contributed by atoms with Crippen LogP contribution in [0.15, 0.2) is 66.7 Å². The minimum Gasteiger partial charge on any atom is -0.445 e. The first-order valence-corrected chi connectivity index (χ1v) is 8.46. The Labute approximate surface area is 160 Å². The number of hydrogen-bond acceptors (Lipinski definition) is 2. The maximum atomic E-state index is 14.5. The van der Waals surface area contributed by atoms with Gasteiger partial charge in [0.15, 0.2) is 0 Å². The van der Waals surface area contributed by atoms with Crippen LogP contribution in [0.4, 0.5) is 9.18 Å². The Morgan fingerprint density at radius 3 is 2.20 bits per heavy atom. The summed E-state index contributed by atoms with van der Waals surface area (Å²) in [7, 11) is 0. The molecule has 2 aromatic carbocycles. The van der Waals surface area contributed by atoms with Crippen molar-refractivity contribution in [1.29, 1.82) is 0 Å². The number of carbonyl (C=O) groups is 1. The summed E-state index contributed by atoms with van der Waals surface area (Å²) in [5.74, 6) is -0.476. The number of alkyl halides is 3. The number of nitrogens with one attached hydrogen (secondary N) is 1. The summed E-state index contributed by atoms with van der Waals surface area (Å²) in [6.45, 7) is -0.421. The van der Waals surface area contributed by atoms with Crippen molar-refractivity contribution < 1.29 is 13.9 Å². The second-order valence-electron chi connectivity index (χ2n) is 5.10. The van der Waals surface area contributed by atoms with Crippen molar-refractivity contribution in [2.24, 2.45) is 0 Å². The summed E-state index contributed by atoms with van der Waals surface area (Å²) in [4.78, 5) is 11.9. The predicted molar refractivity (Wildman–Crippen MR) is 99.5 cm³/mol. The van der Waals surface area contributed by atoms with Crippen molar-refractivity contribution in [3.8, 4) is 0 Å². The van der Waals surface area contributed by atoms with Crippen LogP contribution in [-0.2, 0) is 4.74 Å². The lowest BCUT2D eigenvalue weighted by molar-refractivity contribution is 0.146. The zero-order chi connectivity index (χ0) is 18.3. The fraction of sp³-hybridized carbons (Fsp3) is 0.167. The molecule has 0 bridgehead atoms. The highest BCUT2D eigenvalue weighted by Gasteiger charge is 2.23. The van der Waals surface area contributed by atoms with E-state index in [4.69, 9.17) is 39.5 Å². The maximum absolute atomic E-state index is 14.5. The Hall–Kier alpha value is -1.75. The van der Waals surface area contributed by atoms with Gasteiger partial charge in [-0.05, 0) is 11.6 Å². The zero-order valence-electron chi connectivity index (χ0n) is 13.0. The molecule has 1 atom stereocenters. The molecule has 3 nitrogen and oxygen atoms in total. The van der Waals surface area contributed by atoms with Crippen LogP contribution in [0.3, 0.4) is 0 Å². The third kappa shape index (κ3) is 6.94. The second-order valence-corrected chi connectivity index (χ2v) is 7.62. The average Bonchev–Trinajstić information content (AvgIpc) is 2.60. The lowest BCUT2D eigenvalue weighted by atomic mass is 10.0. The molecule has 1 N–H and O–H groups in total. The number of carbonyl (C=O) groups excluding carboxylic acids is 1. The summed E-state index contributed by atoms with van der Waals surface area (Å²) >= 11 is 16.6. The molecule has 0 aliphatic carbocycles. The number of hydrogen-bond donors (Lipinski definition) is 1. The van der Waals surface area contributed by atoms with Crippen LogP contribution in [0, 0.1) is 0 Å². The summed E-state index contributed by atoms with van der Waals surface area (Å²) in [5.41, 5.74) is 1.08. The van der Waals surface area contributed by atoms with Gasteiger partial charge in [-0.1, -0.05) is 95.5 Å². The topological polar surface area (TPSA) is 38.3 Å². The van der Waals surface area contributed by atoms with Crippen LogP contribution in [0.2, 0.25) is 0 Å². The van der Waals surface area contributed by atoms with Gasteiger partial charge < -0.3 is 10.1 Å². The van der Waals surface area contributed by atoms with Crippen LogP contribution in [0.25, 0.3) is 5.83 Å². The van der Waals surface area contributed by atoms with Gasteiger partial charge in [-0.2, -0.15) is 0 Å². The molecule has 0 saturated carbocycles. The number of rotatable bonds is 5. The van der Waals surface area contributed by atoms with Crippen molar-refractivity contribution in [1.82, 2.24) is 5.32 Å². The maximum Gasteiger partial charge on any atom is 0.408 e. The van der Waals surface area contributed by atoms with Crippen LogP contribution >= 0.6 is 34.8 Å². The van der Waals surface area contributed by atoms with Gasteiger partial charge in [-0.15, -0.1) is 0 Å². The molecule has 0 aliphatic rings. The Kier molecular flexibility index (Phi) is 7.12. The fourth-order valence-electron chi connectivity index (χ4n) is 2.04. The summed E-state index contributed by atoms with van der Waals surface area (Å²) in [5, 5.41) is 2.55. The monoisotopic (exact) mass is 401 g/mol. The molecule has 2 rings (SSSR count). The Morgan fingerprint density at radius 1 is 1.08 bits per heavy atom. The highest BCUT2D eigenvalue weighted by molar-refractivity contribution is 6.67. The van der Waals surface area contributed by atoms with Gasteiger partial charge in [0.25, 0.3) is 0 Å². The Balaban J connectivity index is 2.18. The Morgan fingerprint density at radius 2 is 1.64 bits per heavy atom. The second kappa shape index (κ2) is 9.09. The molecule has 132 valence electrons. The van der Waals surface area contributed by atoms with E-state index < -0.39 is 28.4 Å². The van der Waals surface area contributed by atoms with Crippen LogP contribution in [0.1, 0.15) is 17.2 Å². The van der Waals surface area contributed by atoms with Gasteiger partial charge in [0.05, 0.1) is 6.04 Å². The summed E-state index contributed by atoms with van der Waals surface area (Å²) < 4.78 is 17.6. The highest BCUT2D eigenvalue weighted by Crippen LogP contribution is 2.26. The molecule has 0 heterocycles. The molecule has 0 aromatic heterocycles. The minimum absolute atomic E-state index is 0.403. The molecule has 0 aliphatic heterocycles. The molecule has 7 heteroatoms. The average molecular weight is 403 g/mol. The molecule has 1 amide bonds. The number of ether oxygens (including phenoxy) is 1. The lowest BCUT2D eigenvalue weighted by Gasteiger charge is -2.17. The molecule has 2 aromatic rings. The smallest absolute Gasteiger partial charge is 0.408 e. The van der Waals surface area contributed by atoms with Crippen LogP contribution < -0.4 is 5.32 Å². The molecule has 1 unspecified atom stereocenters. The molecule has 25 heavy (non-hydrogen) atoms. The van der Waals surface area contributed by atoms with E-state index in [0.717, 1.165) is 0 Å². The van der Waals surface area contributed by atoms with Crippen molar-refractivity contribution in [3.05, 3.63) is 77.9 Å². The van der Waals surface area contributed by atoms with Gasteiger partial charge in [-0.3, -0.25) is 0 Å². The van der Waals surface area contributed by atoms with E-state index in [-0.39, 0.29) is 0 Å². The lowest BCUT2D eigenvalue weighted by Crippen LogP contribution is -2.30. The van der Waals surface area contributed by atoms with Crippen LogP contribution in [0.5, 0.6) is 0 Å². The predicted octanol–water partition coefficient (Wildman–Crippen LogP) is 5.83. The molecule has 0 radical (unpaired) electrons. The van der Waals surface area contributed by atoms with Gasteiger partial charge in [0.2, 0.25) is 3.79 Å². The molecule has 0 spiro atoms. The number of halogens is 4. The van der Waals surface area contributed by atoms with Gasteiger partial charge in [0.1, 0.15) is 12.4 Å². The number of benzene rings is 2. The van der Waals surface area contributed by atoms with E-state index in [0.29, 0.717) is 11.1 Å². The first kappa shape index (κ1) is 19.6. The fourth-order valence-corrected chi connectivity index (χ4v) is 2.20. The van der Waals surface area contributed by atoms with Crippen molar-refractivity contribution in [2.75, 3.05) is 6.61 Å². The molecular weight excluding hydrogens is 388 g/mol. The number of alkyl carbamates (subject to hydrolysis) is 1. The van der Waals surface area contributed by atoms with Crippen molar-refractivity contribution in [2.45, 2.75) is 9.83 Å².